The maximum Gasteiger partial charge on any atom is 0.335 e. The number of nitrogens with zero attached hydrogens (tertiary/aromatic N) is 4. The minimum Gasteiger partial charge on any atom is -0.478 e. The van der Waals surface area contributed by atoms with Crippen LogP contribution in [0.4, 0.5) is 0 Å². The molecule has 2 atom stereocenters. The predicted molar refractivity (Wildman–Crippen MR) is 123 cm³/mol. The van der Waals surface area contributed by atoms with Gasteiger partial charge in [0.15, 0.2) is 5.65 Å². The van der Waals surface area contributed by atoms with Gasteiger partial charge in [-0.15, -0.1) is 11.8 Å². The SMILES string of the molecule is Cc1c(C(=O)O)ccc2c1CC[C@@H]2NC(=O)c1cc(C(=O)N2CCSC2C)nc2ccnn12. The summed E-state index contributed by atoms with van der Waals surface area (Å²) >= 11 is 1.71. The van der Waals surface area contributed by atoms with Crippen LogP contribution in [0.15, 0.2) is 30.5 Å². The highest BCUT2D eigenvalue weighted by Crippen LogP contribution is 2.35. The molecule has 1 aliphatic heterocycles. The fourth-order valence-electron chi connectivity index (χ4n) is 4.69. The lowest BCUT2D eigenvalue weighted by Gasteiger charge is -2.20. The highest BCUT2D eigenvalue weighted by atomic mass is 32.2. The van der Waals surface area contributed by atoms with Gasteiger partial charge < -0.3 is 15.3 Å². The molecule has 33 heavy (non-hydrogen) atoms. The summed E-state index contributed by atoms with van der Waals surface area (Å²) < 4.78 is 1.43. The molecule has 1 aromatic carbocycles. The van der Waals surface area contributed by atoms with Gasteiger partial charge in [-0.1, -0.05) is 6.07 Å². The molecule has 0 saturated carbocycles. The van der Waals surface area contributed by atoms with Crippen molar-refractivity contribution >= 4 is 35.2 Å². The second-order valence-corrected chi connectivity index (χ2v) is 9.70. The number of benzene rings is 1. The largest absolute Gasteiger partial charge is 0.478 e. The van der Waals surface area contributed by atoms with E-state index in [-0.39, 0.29) is 40.2 Å². The molecule has 2 N–H and O–H groups in total. The Kier molecular flexibility index (Phi) is 5.32. The van der Waals surface area contributed by atoms with Crippen LogP contribution in [0.5, 0.6) is 0 Å². The summed E-state index contributed by atoms with van der Waals surface area (Å²) in [6.07, 6.45) is 2.91. The zero-order valence-corrected chi connectivity index (χ0v) is 19.1. The lowest BCUT2D eigenvalue weighted by Crippen LogP contribution is -2.35. The van der Waals surface area contributed by atoms with Crippen molar-refractivity contribution in [3.8, 4) is 0 Å². The third-order valence-electron chi connectivity index (χ3n) is 6.43. The van der Waals surface area contributed by atoms with E-state index in [9.17, 15) is 19.5 Å². The van der Waals surface area contributed by atoms with Crippen LogP contribution in [0.3, 0.4) is 0 Å². The molecule has 2 aromatic heterocycles. The Hall–Kier alpha value is -3.40. The van der Waals surface area contributed by atoms with Crippen molar-refractivity contribution in [1.82, 2.24) is 24.8 Å². The number of aromatic nitrogens is 3. The number of hydrogen-bond acceptors (Lipinski definition) is 6. The number of aromatic carboxylic acids is 1. The Balaban J connectivity index is 1.45. The van der Waals surface area contributed by atoms with E-state index in [2.05, 4.69) is 15.4 Å². The standard InChI is InChI=1S/C23H23N5O4S/c1-12-14-5-6-17(16(14)4-3-15(12)23(31)32)26-21(29)19-11-18(25-20-7-8-24-28(19)20)22(30)27-9-10-33-13(27)2/h3-4,7-8,11,13,17H,5-6,9-10H2,1-2H3,(H,26,29)(H,31,32)/t13?,17-/m0/s1. The monoisotopic (exact) mass is 465 g/mol. The average Bonchev–Trinajstić information content (AvgIpc) is 3.52. The van der Waals surface area contributed by atoms with Crippen molar-refractivity contribution in [2.24, 2.45) is 0 Å². The van der Waals surface area contributed by atoms with E-state index >= 15 is 0 Å². The number of carbonyl (C=O) groups excluding carboxylic acids is 2. The number of amides is 2. The molecule has 9 nitrogen and oxygen atoms in total. The number of rotatable bonds is 4. The first-order chi connectivity index (χ1) is 15.8. The smallest absolute Gasteiger partial charge is 0.335 e. The van der Waals surface area contributed by atoms with E-state index < -0.39 is 5.97 Å². The molecule has 1 unspecified atom stereocenters. The number of carboxylic acid groups (broad SMARTS) is 1. The van der Waals surface area contributed by atoms with Crippen molar-refractivity contribution in [1.29, 1.82) is 0 Å². The van der Waals surface area contributed by atoms with E-state index in [1.807, 2.05) is 6.92 Å². The average molecular weight is 466 g/mol. The van der Waals surface area contributed by atoms with Crippen LogP contribution in [0.1, 0.15) is 67.4 Å². The summed E-state index contributed by atoms with van der Waals surface area (Å²) in [5.74, 6) is -0.641. The first-order valence-electron chi connectivity index (χ1n) is 10.8. The summed E-state index contributed by atoms with van der Waals surface area (Å²) in [6, 6.07) is 6.29. The molecule has 3 heterocycles. The van der Waals surface area contributed by atoms with Gasteiger partial charge in [-0.25, -0.2) is 14.3 Å². The minimum atomic E-state index is -0.955. The highest BCUT2D eigenvalue weighted by Gasteiger charge is 2.31. The lowest BCUT2D eigenvalue weighted by atomic mass is 9.98. The molecule has 1 saturated heterocycles. The molecule has 5 rings (SSSR count). The first kappa shape index (κ1) is 21.4. The van der Waals surface area contributed by atoms with Crippen LogP contribution < -0.4 is 5.32 Å². The molecular weight excluding hydrogens is 442 g/mol. The van der Waals surface area contributed by atoms with E-state index in [1.54, 1.807) is 48.0 Å². The number of carbonyl (C=O) groups is 3. The van der Waals surface area contributed by atoms with Crippen LogP contribution in [0, 0.1) is 6.92 Å². The zero-order valence-electron chi connectivity index (χ0n) is 18.2. The van der Waals surface area contributed by atoms with Crippen molar-refractivity contribution in [3.63, 3.8) is 0 Å². The Morgan fingerprint density at radius 1 is 1.24 bits per heavy atom. The van der Waals surface area contributed by atoms with Gasteiger partial charge in [0.1, 0.15) is 11.4 Å². The van der Waals surface area contributed by atoms with Gasteiger partial charge >= 0.3 is 5.97 Å². The summed E-state index contributed by atoms with van der Waals surface area (Å²) in [5, 5.41) is 16.7. The van der Waals surface area contributed by atoms with E-state index in [4.69, 9.17) is 0 Å². The van der Waals surface area contributed by atoms with Gasteiger partial charge in [0, 0.05) is 24.4 Å². The predicted octanol–water partition coefficient (Wildman–Crippen LogP) is 2.69. The van der Waals surface area contributed by atoms with Crippen molar-refractivity contribution in [3.05, 3.63) is 64.1 Å². The van der Waals surface area contributed by atoms with Gasteiger partial charge in [-0.2, -0.15) is 5.10 Å². The molecule has 170 valence electrons. The van der Waals surface area contributed by atoms with Crippen molar-refractivity contribution < 1.29 is 19.5 Å². The molecule has 0 bridgehead atoms. The fourth-order valence-corrected chi connectivity index (χ4v) is 5.71. The van der Waals surface area contributed by atoms with Crippen LogP contribution in [-0.2, 0) is 6.42 Å². The number of nitrogens with one attached hydrogen (secondary N) is 1. The molecule has 10 heteroatoms. The van der Waals surface area contributed by atoms with Gasteiger partial charge in [0.25, 0.3) is 11.8 Å². The van der Waals surface area contributed by atoms with Crippen LogP contribution in [-0.4, -0.2) is 60.1 Å². The zero-order chi connectivity index (χ0) is 23.3. The highest BCUT2D eigenvalue weighted by molar-refractivity contribution is 8.00. The topological polar surface area (TPSA) is 117 Å². The molecule has 0 spiro atoms. The second-order valence-electron chi connectivity index (χ2n) is 8.27. The first-order valence-corrected chi connectivity index (χ1v) is 11.8. The number of carboxylic acids is 1. The van der Waals surface area contributed by atoms with Gasteiger partial charge in [-0.3, -0.25) is 9.59 Å². The molecule has 1 aliphatic carbocycles. The van der Waals surface area contributed by atoms with Crippen molar-refractivity contribution in [2.45, 2.75) is 38.1 Å². The molecule has 2 amide bonds. The molecule has 0 radical (unpaired) electrons. The summed E-state index contributed by atoms with van der Waals surface area (Å²) in [6.45, 7) is 4.43. The third kappa shape index (κ3) is 3.64. The Morgan fingerprint density at radius 3 is 2.79 bits per heavy atom. The Labute approximate surface area is 194 Å². The van der Waals surface area contributed by atoms with Gasteiger partial charge in [0.05, 0.1) is 23.2 Å². The van der Waals surface area contributed by atoms with E-state index in [0.717, 1.165) is 22.4 Å². The number of hydrogen-bond donors (Lipinski definition) is 2. The summed E-state index contributed by atoms with van der Waals surface area (Å²) in [5.41, 5.74) is 3.80. The summed E-state index contributed by atoms with van der Waals surface area (Å²) in [7, 11) is 0. The molecular formula is C23H23N5O4S. The minimum absolute atomic E-state index is 0.0617. The maximum absolute atomic E-state index is 13.3. The van der Waals surface area contributed by atoms with E-state index in [0.29, 0.717) is 25.0 Å². The summed E-state index contributed by atoms with van der Waals surface area (Å²) in [4.78, 5) is 44.0. The fraction of sp³-hybridized carbons (Fsp3) is 0.348. The Bertz CT molecular complexity index is 1300. The van der Waals surface area contributed by atoms with Crippen LogP contribution in [0.25, 0.3) is 5.65 Å². The van der Waals surface area contributed by atoms with Gasteiger partial charge in [0.2, 0.25) is 0 Å². The molecule has 1 fully saturated rings. The normalized spacial score (nSPS) is 19.6. The molecule has 2 aliphatic rings. The van der Waals surface area contributed by atoms with E-state index in [1.165, 1.54) is 10.6 Å². The number of fused-ring (bicyclic) bond motifs is 2. The third-order valence-corrected chi connectivity index (χ3v) is 7.59. The van der Waals surface area contributed by atoms with Crippen LogP contribution in [0.2, 0.25) is 0 Å². The van der Waals surface area contributed by atoms with Crippen LogP contribution >= 0.6 is 11.8 Å². The second kappa shape index (κ2) is 8.18. The quantitative estimate of drug-likeness (QED) is 0.608. The molecule has 3 aromatic rings. The van der Waals surface area contributed by atoms with Gasteiger partial charge in [-0.05, 0) is 49.4 Å². The number of thioether (sulfide) groups is 1. The lowest BCUT2D eigenvalue weighted by molar-refractivity contribution is 0.0694. The maximum atomic E-state index is 13.3. The van der Waals surface area contributed by atoms with Crippen molar-refractivity contribution in [2.75, 3.05) is 12.3 Å². The Morgan fingerprint density at radius 2 is 2.06 bits per heavy atom.